The van der Waals surface area contributed by atoms with Crippen molar-refractivity contribution in [3.63, 3.8) is 0 Å². The average molecular weight is 425 g/mol. The molecule has 6 rings (SSSR count). The van der Waals surface area contributed by atoms with Crippen molar-refractivity contribution >= 4 is 27.6 Å². The van der Waals surface area contributed by atoms with Gasteiger partial charge >= 0.3 is 0 Å². The topological polar surface area (TPSA) is 78.9 Å². The molecule has 5 heterocycles. The summed E-state index contributed by atoms with van der Waals surface area (Å²) in [6.07, 6.45) is 7.62. The minimum atomic E-state index is -0.0247. The maximum absolute atomic E-state index is 12.9. The molecule has 160 valence electrons. The van der Waals surface area contributed by atoms with Gasteiger partial charge in [0.05, 0.1) is 31.6 Å². The molecule has 0 atom stereocenters. The van der Waals surface area contributed by atoms with E-state index in [-0.39, 0.29) is 5.56 Å². The van der Waals surface area contributed by atoms with E-state index in [1.165, 1.54) is 0 Å². The van der Waals surface area contributed by atoms with Gasteiger partial charge in [0.15, 0.2) is 0 Å². The van der Waals surface area contributed by atoms with Crippen molar-refractivity contribution in [2.24, 2.45) is 0 Å². The maximum atomic E-state index is 12.9. The minimum absolute atomic E-state index is 0.0247. The van der Waals surface area contributed by atoms with Gasteiger partial charge in [-0.15, -0.1) is 0 Å². The third-order valence-corrected chi connectivity index (χ3v) is 6.17. The maximum Gasteiger partial charge on any atom is 0.251 e. The summed E-state index contributed by atoms with van der Waals surface area (Å²) < 4.78 is 7.20. The van der Waals surface area contributed by atoms with Gasteiger partial charge in [-0.2, -0.15) is 0 Å². The number of aromatic amines is 2. The number of anilines is 1. The van der Waals surface area contributed by atoms with Gasteiger partial charge < -0.3 is 24.2 Å². The largest absolute Gasteiger partial charge is 0.378 e. The molecule has 0 radical (unpaired) electrons. The SMILES string of the molecule is O=c1cc(-c2c[nH]c3ncc(N4CCOCC4)cc23)ccn1Cc1ccc2[nH]ccc2c1. The van der Waals surface area contributed by atoms with Gasteiger partial charge in [-0.25, -0.2) is 4.98 Å². The average Bonchev–Trinajstić information content (AvgIpc) is 3.47. The van der Waals surface area contributed by atoms with Gasteiger partial charge in [0.2, 0.25) is 0 Å². The van der Waals surface area contributed by atoms with Crippen molar-refractivity contribution in [1.82, 2.24) is 19.5 Å². The molecular formula is C25H23N5O2. The van der Waals surface area contributed by atoms with Crippen molar-refractivity contribution in [2.45, 2.75) is 6.54 Å². The standard InChI is InChI=1S/C25H23N5O2/c31-24-12-18(4-6-30(24)16-17-1-2-23-19(11-17)3-5-26-23)22-15-28-25-21(22)13-20(14-27-25)29-7-9-32-10-8-29/h1-6,11-15,26H,7-10,16H2,(H,27,28). The second kappa shape index (κ2) is 7.69. The van der Waals surface area contributed by atoms with Gasteiger partial charge in [-0.1, -0.05) is 6.07 Å². The zero-order valence-corrected chi connectivity index (χ0v) is 17.5. The highest BCUT2D eigenvalue weighted by Crippen LogP contribution is 2.30. The summed E-state index contributed by atoms with van der Waals surface area (Å²) in [4.78, 5) is 26.2. The number of aromatic nitrogens is 4. The lowest BCUT2D eigenvalue weighted by atomic mass is 10.1. The van der Waals surface area contributed by atoms with Crippen LogP contribution in [0.15, 0.2) is 72.0 Å². The van der Waals surface area contributed by atoms with E-state index in [0.717, 1.165) is 70.6 Å². The Morgan fingerprint density at radius 1 is 1.03 bits per heavy atom. The Morgan fingerprint density at radius 2 is 1.94 bits per heavy atom. The number of pyridine rings is 2. The molecule has 0 saturated carbocycles. The van der Waals surface area contributed by atoms with Crippen molar-refractivity contribution in [1.29, 1.82) is 0 Å². The summed E-state index contributed by atoms with van der Waals surface area (Å²) in [6.45, 7) is 3.71. The molecule has 0 aliphatic carbocycles. The number of hydrogen-bond donors (Lipinski definition) is 2. The molecule has 1 aliphatic rings. The monoisotopic (exact) mass is 425 g/mol. The molecular weight excluding hydrogens is 402 g/mol. The third-order valence-electron chi connectivity index (χ3n) is 6.17. The molecule has 4 aromatic heterocycles. The van der Waals surface area contributed by atoms with E-state index in [1.54, 1.807) is 10.6 Å². The van der Waals surface area contributed by atoms with Crippen molar-refractivity contribution in [2.75, 3.05) is 31.2 Å². The lowest BCUT2D eigenvalue weighted by Gasteiger charge is -2.28. The van der Waals surface area contributed by atoms with Gasteiger partial charge in [0, 0.05) is 54.2 Å². The lowest BCUT2D eigenvalue weighted by molar-refractivity contribution is 0.122. The zero-order chi connectivity index (χ0) is 21.5. The number of nitrogens with zero attached hydrogens (tertiary/aromatic N) is 3. The Kier molecular flexibility index (Phi) is 4.54. The minimum Gasteiger partial charge on any atom is -0.378 e. The fraction of sp³-hybridized carbons (Fsp3) is 0.200. The van der Waals surface area contributed by atoms with Gasteiger partial charge in [0.1, 0.15) is 5.65 Å². The molecule has 1 aliphatic heterocycles. The van der Waals surface area contributed by atoms with E-state index < -0.39 is 0 Å². The highest BCUT2D eigenvalue weighted by Gasteiger charge is 2.15. The first kappa shape index (κ1) is 18.9. The number of morpholine rings is 1. The molecule has 32 heavy (non-hydrogen) atoms. The molecule has 7 heteroatoms. The van der Waals surface area contributed by atoms with Crippen LogP contribution in [-0.2, 0) is 11.3 Å². The first-order valence-corrected chi connectivity index (χ1v) is 10.8. The summed E-state index contributed by atoms with van der Waals surface area (Å²) in [5, 5.41) is 2.17. The van der Waals surface area contributed by atoms with Crippen LogP contribution in [-0.4, -0.2) is 45.8 Å². The Bertz CT molecular complexity index is 1470. The van der Waals surface area contributed by atoms with Crippen molar-refractivity contribution in [3.05, 3.63) is 83.2 Å². The van der Waals surface area contributed by atoms with E-state index in [1.807, 2.05) is 36.9 Å². The Hall–Kier alpha value is -3.84. The fourth-order valence-electron chi connectivity index (χ4n) is 4.43. The van der Waals surface area contributed by atoms with Gasteiger partial charge in [0.25, 0.3) is 5.56 Å². The summed E-state index contributed by atoms with van der Waals surface area (Å²) in [7, 11) is 0. The Morgan fingerprint density at radius 3 is 2.81 bits per heavy atom. The number of nitrogens with one attached hydrogen (secondary N) is 2. The number of rotatable bonds is 4. The second-order valence-electron chi connectivity index (χ2n) is 8.17. The Balaban J connectivity index is 1.32. The van der Waals surface area contributed by atoms with Crippen LogP contribution in [0.4, 0.5) is 5.69 Å². The highest BCUT2D eigenvalue weighted by molar-refractivity contribution is 5.95. The normalized spacial score (nSPS) is 14.4. The molecule has 1 saturated heterocycles. The van der Waals surface area contributed by atoms with Crippen molar-refractivity contribution in [3.8, 4) is 11.1 Å². The summed E-state index contributed by atoms with van der Waals surface area (Å²) in [6, 6.07) is 14.1. The Labute approximate surface area is 184 Å². The summed E-state index contributed by atoms with van der Waals surface area (Å²) in [5.41, 5.74) is 5.94. The number of fused-ring (bicyclic) bond motifs is 2. The van der Waals surface area contributed by atoms with E-state index in [4.69, 9.17) is 4.74 Å². The van der Waals surface area contributed by atoms with Crippen LogP contribution in [0, 0.1) is 0 Å². The second-order valence-corrected chi connectivity index (χ2v) is 8.17. The smallest absolute Gasteiger partial charge is 0.251 e. The highest BCUT2D eigenvalue weighted by atomic mass is 16.5. The van der Waals surface area contributed by atoms with Gasteiger partial charge in [-0.3, -0.25) is 4.79 Å². The number of benzene rings is 1. The predicted octanol–water partition coefficient (Wildman–Crippen LogP) is 3.76. The molecule has 1 fully saturated rings. The van der Waals surface area contributed by atoms with Crippen molar-refractivity contribution < 1.29 is 4.74 Å². The van der Waals surface area contributed by atoms with Crippen LogP contribution in [0.3, 0.4) is 0 Å². The van der Waals surface area contributed by atoms with E-state index >= 15 is 0 Å². The molecule has 0 spiro atoms. The molecule has 5 aromatic rings. The van der Waals surface area contributed by atoms with E-state index in [2.05, 4.69) is 44.1 Å². The van der Waals surface area contributed by atoms with Crippen LogP contribution in [0.5, 0.6) is 0 Å². The quantitative estimate of drug-likeness (QED) is 0.460. The van der Waals surface area contributed by atoms with Gasteiger partial charge in [-0.05, 0) is 46.8 Å². The predicted molar refractivity (Wildman–Crippen MR) is 126 cm³/mol. The summed E-state index contributed by atoms with van der Waals surface area (Å²) >= 11 is 0. The van der Waals surface area contributed by atoms with E-state index in [0.29, 0.717) is 6.54 Å². The molecule has 7 nitrogen and oxygen atoms in total. The molecule has 0 bridgehead atoms. The van der Waals surface area contributed by atoms with E-state index in [9.17, 15) is 4.79 Å². The first-order chi connectivity index (χ1) is 15.7. The molecule has 1 aromatic carbocycles. The van der Waals surface area contributed by atoms with Crippen LogP contribution in [0.25, 0.3) is 33.1 Å². The van der Waals surface area contributed by atoms with Crippen LogP contribution < -0.4 is 10.5 Å². The lowest BCUT2D eigenvalue weighted by Crippen LogP contribution is -2.36. The van der Waals surface area contributed by atoms with Crippen LogP contribution >= 0.6 is 0 Å². The number of H-pyrrole nitrogens is 2. The summed E-state index contributed by atoms with van der Waals surface area (Å²) in [5.74, 6) is 0. The molecule has 0 unspecified atom stereocenters. The van der Waals surface area contributed by atoms with Crippen LogP contribution in [0.2, 0.25) is 0 Å². The third kappa shape index (κ3) is 3.36. The number of ether oxygens (including phenoxy) is 1. The number of hydrogen-bond acceptors (Lipinski definition) is 4. The zero-order valence-electron chi connectivity index (χ0n) is 17.5. The molecule has 2 N–H and O–H groups in total. The van der Waals surface area contributed by atoms with Crippen LogP contribution in [0.1, 0.15) is 5.56 Å². The first-order valence-electron chi connectivity index (χ1n) is 10.8. The fourth-order valence-corrected chi connectivity index (χ4v) is 4.43. The molecule has 0 amide bonds.